The molecule has 0 saturated carbocycles. The van der Waals surface area contributed by atoms with Crippen molar-refractivity contribution in [2.24, 2.45) is 0 Å². The van der Waals surface area contributed by atoms with Crippen molar-refractivity contribution in [3.05, 3.63) is 89.7 Å². The lowest BCUT2D eigenvalue weighted by molar-refractivity contribution is -0.120. The van der Waals surface area contributed by atoms with E-state index in [-0.39, 0.29) is 23.6 Å². The van der Waals surface area contributed by atoms with Crippen LogP contribution in [0.3, 0.4) is 0 Å². The Morgan fingerprint density at radius 3 is 2.24 bits per heavy atom. The molecule has 0 saturated heterocycles. The quantitative estimate of drug-likeness (QED) is 0.579. The highest BCUT2D eigenvalue weighted by Gasteiger charge is 2.39. The van der Waals surface area contributed by atoms with Crippen molar-refractivity contribution in [2.75, 3.05) is 5.32 Å². The predicted molar refractivity (Wildman–Crippen MR) is 115 cm³/mol. The summed E-state index contributed by atoms with van der Waals surface area (Å²) in [5, 5.41) is 2.64. The fraction of sp³-hybridized carbons (Fsp3) is 0.174. The lowest BCUT2D eigenvalue weighted by Gasteiger charge is -2.35. The minimum atomic E-state index is -4.13. The zero-order valence-electron chi connectivity index (χ0n) is 17.1. The number of carbonyl (C=O) groups excluding carboxylic acids is 1. The molecule has 1 aliphatic rings. The van der Waals surface area contributed by atoms with E-state index < -0.39 is 34.4 Å². The van der Waals surface area contributed by atoms with Crippen molar-refractivity contribution in [3.63, 3.8) is 0 Å². The standard InChI is InChI=1S/C23H19F3N2O4S/c24-17-5-11-20(12-6-17)33(30,31)28-14-16-4-2-1-3-15(16)13-21(28)22(29)27-18-7-9-19(10-8-18)32-23(25)26/h1-12,21,23H,13-14H2,(H,27,29)/t21-/m0/s1. The molecule has 0 unspecified atom stereocenters. The second kappa shape index (κ2) is 9.24. The number of rotatable bonds is 6. The zero-order chi connectivity index (χ0) is 23.6. The number of alkyl halides is 2. The number of hydrogen-bond acceptors (Lipinski definition) is 4. The van der Waals surface area contributed by atoms with Crippen LogP contribution in [0.2, 0.25) is 0 Å². The van der Waals surface area contributed by atoms with Gasteiger partial charge in [-0.25, -0.2) is 12.8 Å². The van der Waals surface area contributed by atoms with Gasteiger partial charge >= 0.3 is 6.61 Å². The monoisotopic (exact) mass is 476 g/mol. The molecular formula is C23H19F3N2O4S. The van der Waals surface area contributed by atoms with Crippen molar-refractivity contribution in [1.82, 2.24) is 4.31 Å². The zero-order valence-corrected chi connectivity index (χ0v) is 17.9. The van der Waals surface area contributed by atoms with Gasteiger partial charge in [0, 0.05) is 12.2 Å². The first-order valence-corrected chi connectivity index (χ1v) is 11.4. The minimum absolute atomic E-state index is 0.0326. The number of nitrogens with zero attached hydrogens (tertiary/aromatic N) is 1. The molecule has 10 heteroatoms. The average molecular weight is 476 g/mol. The molecule has 1 atom stereocenters. The Labute approximate surface area is 188 Å². The summed E-state index contributed by atoms with van der Waals surface area (Å²) in [7, 11) is -4.13. The maximum atomic E-state index is 13.4. The largest absolute Gasteiger partial charge is 0.435 e. The molecular weight excluding hydrogens is 457 g/mol. The highest BCUT2D eigenvalue weighted by molar-refractivity contribution is 7.89. The van der Waals surface area contributed by atoms with Gasteiger partial charge in [-0.3, -0.25) is 4.79 Å². The van der Waals surface area contributed by atoms with E-state index in [1.807, 2.05) is 6.07 Å². The Balaban J connectivity index is 1.63. The summed E-state index contributed by atoms with van der Waals surface area (Å²) in [4.78, 5) is 13.0. The van der Waals surface area contributed by atoms with Gasteiger partial charge in [-0.1, -0.05) is 24.3 Å². The number of fused-ring (bicyclic) bond motifs is 1. The van der Waals surface area contributed by atoms with Crippen LogP contribution in [0.15, 0.2) is 77.7 Å². The summed E-state index contributed by atoms with van der Waals surface area (Å²) < 4.78 is 70.1. The van der Waals surface area contributed by atoms with Crippen molar-refractivity contribution < 1.29 is 31.1 Å². The van der Waals surface area contributed by atoms with Crippen LogP contribution >= 0.6 is 0 Å². The van der Waals surface area contributed by atoms with Crippen LogP contribution in [0.25, 0.3) is 0 Å². The summed E-state index contributed by atoms with van der Waals surface area (Å²) in [6.45, 7) is -3.01. The highest BCUT2D eigenvalue weighted by atomic mass is 32.2. The van der Waals surface area contributed by atoms with Crippen molar-refractivity contribution in [2.45, 2.75) is 30.5 Å². The summed E-state index contributed by atoms with van der Waals surface area (Å²) in [5.41, 5.74) is 1.89. The van der Waals surface area contributed by atoms with E-state index in [0.29, 0.717) is 5.69 Å². The normalized spacial score (nSPS) is 16.3. The van der Waals surface area contributed by atoms with Gasteiger partial charge in [-0.05, 0) is 66.1 Å². The smallest absolute Gasteiger partial charge is 0.387 e. The number of ether oxygens (including phenoxy) is 1. The van der Waals surface area contributed by atoms with Gasteiger partial charge in [0.2, 0.25) is 15.9 Å². The predicted octanol–water partition coefficient (Wildman–Crippen LogP) is 4.18. The molecule has 0 radical (unpaired) electrons. The van der Waals surface area contributed by atoms with Crippen LogP contribution in [-0.2, 0) is 27.8 Å². The molecule has 1 amide bonds. The number of amides is 1. The van der Waals surface area contributed by atoms with Gasteiger partial charge in [0.15, 0.2) is 0 Å². The number of sulfonamides is 1. The molecule has 1 N–H and O–H groups in total. The second-order valence-electron chi connectivity index (χ2n) is 7.38. The fourth-order valence-electron chi connectivity index (χ4n) is 3.66. The van der Waals surface area contributed by atoms with Crippen LogP contribution in [-0.4, -0.2) is 31.3 Å². The van der Waals surface area contributed by atoms with Crippen molar-refractivity contribution >= 4 is 21.6 Å². The van der Waals surface area contributed by atoms with E-state index in [0.717, 1.165) is 39.7 Å². The number of benzene rings is 3. The Bertz CT molecular complexity index is 1250. The Morgan fingerprint density at radius 2 is 1.61 bits per heavy atom. The Hall–Kier alpha value is -3.37. The third kappa shape index (κ3) is 5.01. The third-order valence-corrected chi connectivity index (χ3v) is 7.14. The van der Waals surface area contributed by atoms with Crippen molar-refractivity contribution in [1.29, 1.82) is 0 Å². The van der Waals surface area contributed by atoms with Crippen LogP contribution in [0, 0.1) is 5.82 Å². The summed E-state index contributed by atoms with van der Waals surface area (Å²) in [6.07, 6.45) is 0.134. The summed E-state index contributed by atoms with van der Waals surface area (Å²) in [5.74, 6) is -1.24. The number of halogens is 3. The van der Waals surface area contributed by atoms with Gasteiger partial charge < -0.3 is 10.1 Å². The molecule has 0 bridgehead atoms. The molecule has 0 aromatic heterocycles. The Morgan fingerprint density at radius 1 is 0.970 bits per heavy atom. The number of carbonyl (C=O) groups is 1. The maximum Gasteiger partial charge on any atom is 0.387 e. The highest BCUT2D eigenvalue weighted by Crippen LogP contribution is 2.30. The Kier molecular flexibility index (Phi) is 6.39. The summed E-state index contributed by atoms with van der Waals surface area (Å²) in [6, 6.07) is 15.8. The van der Waals surface area contributed by atoms with Crippen molar-refractivity contribution in [3.8, 4) is 5.75 Å². The molecule has 3 aromatic rings. The number of hydrogen-bond donors (Lipinski definition) is 1. The first kappa shape index (κ1) is 22.8. The van der Waals surface area contributed by atoms with Crippen LogP contribution in [0.4, 0.5) is 18.9 Å². The van der Waals surface area contributed by atoms with E-state index in [9.17, 15) is 26.4 Å². The molecule has 0 spiro atoms. The second-order valence-corrected chi connectivity index (χ2v) is 9.28. The topological polar surface area (TPSA) is 75.7 Å². The molecule has 4 rings (SSSR count). The fourth-order valence-corrected chi connectivity index (χ4v) is 5.23. The van der Waals surface area contributed by atoms with Gasteiger partial charge in [0.25, 0.3) is 0 Å². The molecule has 6 nitrogen and oxygen atoms in total. The van der Waals surface area contributed by atoms with E-state index in [2.05, 4.69) is 10.1 Å². The molecule has 1 aliphatic heterocycles. The van der Waals surface area contributed by atoms with E-state index in [1.54, 1.807) is 18.2 Å². The minimum Gasteiger partial charge on any atom is -0.435 e. The van der Waals surface area contributed by atoms with Crippen LogP contribution in [0.5, 0.6) is 5.75 Å². The van der Waals surface area contributed by atoms with Gasteiger partial charge in [0.1, 0.15) is 17.6 Å². The lowest BCUT2D eigenvalue weighted by Crippen LogP contribution is -2.50. The number of anilines is 1. The van der Waals surface area contributed by atoms with Crippen LogP contribution < -0.4 is 10.1 Å². The molecule has 3 aromatic carbocycles. The number of nitrogens with one attached hydrogen (secondary N) is 1. The first-order valence-electron chi connectivity index (χ1n) is 9.94. The van der Waals surface area contributed by atoms with Gasteiger partial charge in [0.05, 0.1) is 4.90 Å². The van der Waals surface area contributed by atoms with Gasteiger partial charge in [-0.2, -0.15) is 13.1 Å². The first-order chi connectivity index (χ1) is 15.7. The van der Waals surface area contributed by atoms with E-state index >= 15 is 0 Å². The molecule has 33 heavy (non-hydrogen) atoms. The molecule has 1 heterocycles. The average Bonchev–Trinajstić information content (AvgIpc) is 2.79. The summed E-state index contributed by atoms with van der Waals surface area (Å²) >= 11 is 0. The van der Waals surface area contributed by atoms with Crippen LogP contribution in [0.1, 0.15) is 11.1 Å². The van der Waals surface area contributed by atoms with E-state index in [1.165, 1.54) is 24.3 Å². The molecule has 0 fully saturated rings. The third-order valence-electron chi connectivity index (χ3n) is 5.28. The molecule has 0 aliphatic carbocycles. The van der Waals surface area contributed by atoms with E-state index in [4.69, 9.17) is 0 Å². The van der Waals surface area contributed by atoms with Gasteiger partial charge in [-0.15, -0.1) is 0 Å². The SMILES string of the molecule is O=C(Nc1ccc(OC(F)F)cc1)[C@@H]1Cc2ccccc2CN1S(=O)(=O)c1ccc(F)cc1. The molecule has 172 valence electrons. The lowest BCUT2D eigenvalue weighted by atomic mass is 9.95. The maximum absolute atomic E-state index is 13.4.